The Bertz CT molecular complexity index is 86.1. The molecule has 0 aromatic carbocycles. The molecule has 5 nitrogen and oxygen atoms in total. The Kier molecular flexibility index (Phi) is 4.01. The van der Waals surface area contributed by atoms with E-state index < -0.39 is 18.4 Å². The fourth-order valence-corrected chi connectivity index (χ4v) is 0.437. The molecule has 1 atom stereocenters. The topological polar surface area (TPSA) is 89.8 Å². The molecule has 4 N–H and O–H groups in total. The highest BCUT2D eigenvalue weighted by Crippen LogP contribution is 1.65. The van der Waals surface area contributed by atoms with E-state index in [4.69, 9.17) is 14.6 Å². The van der Waals surface area contributed by atoms with Crippen LogP contribution in [0.1, 0.15) is 0 Å². The molecule has 0 aromatic heterocycles. The molecule has 7 heteroatoms. The maximum atomic E-state index is 9.68. The van der Waals surface area contributed by atoms with E-state index in [0.717, 1.165) is 0 Å². The van der Waals surface area contributed by atoms with Gasteiger partial charge in [0.25, 0.3) is 0 Å². The van der Waals surface area contributed by atoms with Gasteiger partial charge in [-0.25, -0.2) is 8.93 Å². The summed E-state index contributed by atoms with van der Waals surface area (Å²) >= 11 is -2.16. The maximum Gasteiger partial charge on any atom is 0.467 e. The second-order valence-corrected chi connectivity index (χ2v) is 1.87. The molecule has 0 amide bonds. The first kappa shape index (κ1) is 8.05. The highest BCUT2D eigenvalue weighted by molar-refractivity contribution is 7.77. The van der Waals surface area contributed by atoms with Gasteiger partial charge in [-0.15, -0.1) is 0 Å². The normalized spacial score (nSPS) is 13.4. The summed E-state index contributed by atoms with van der Waals surface area (Å²) in [4.78, 5) is 0. The van der Waals surface area contributed by atoms with Crippen molar-refractivity contribution in [2.24, 2.45) is 0 Å². The van der Waals surface area contributed by atoms with E-state index in [-0.39, 0.29) is 6.44 Å². The summed E-state index contributed by atoms with van der Waals surface area (Å²) in [7, 11) is -1.58. The molecule has 0 fully saturated rings. The molecule has 48 valence electrons. The predicted molar refractivity (Wildman–Crippen MR) is 29.0 cm³/mol. The fraction of sp³-hybridized carbons (Fsp3) is 1.00. The van der Waals surface area contributed by atoms with E-state index in [2.05, 4.69) is 0 Å². The molecule has 0 bridgehead atoms. The third-order valence-corrected chi connectivity index (χ3v) is 0.803. The van der Waals surface area contributed by atoms with Crippen LogP contribution in [0.4, 0.5) is 0 Å². The summed E-state index contributed by atoms with van der Waals surface area (Å²) in [5.41, 5.74) is 0. The Balaban J connectivity index is 3.05. The van der Waals surface area contributed by atoms with E-state index in [1.54, 1.807) is 0 Å². The lowest BCUT2D eigenvalue weighted by Crippen LogP contribution is -2.31. The van der Waals surface area contributed by atoms with E-state index in [0.29, 0.717) is 0 Å². The van der Waals surface area contributed by atoms with Gasteiger partial charge >= 0.3 is 7.12 Å². The van der Waals surface area contributed by atoms with E-state index in [1.807, 2.05) is 4.72 Å². The summed E-state index contributed by atoms with van der Waals surface area (Å²) in [5, 5.41) is 16.1. The molecule has 1 unspecified atom stereocenters. The van der Waals surface area contributed by atoms with Crippen LogP contribution in [0, 0.1) is 0 Å². The van der Waals surface area contributed by atoms with E-state index in [9.17, 15) is 4.21 Å². The molecule has 8 heavy (non-hydrogen) atoms. The lowest BCUT2D eigenvalue weighted by Gasteiger charge is -1.94. The first-order valence-electron chi connectivity index (χ1n) is 1.83. The molecular weight excluding hydrogens is 133 g/mol. The first-order chi connectivity index (χ1) is 3.63. The molecular formula is CH6BNO4S. The predicted octanol–water partition coefficient (Wildman–Crippen LogP) is -2.28. The van der Waals surface area contributed by atoms with Crippen molar-refractivity contribution in [1.29, 1.82) is 0 Å². The van der Waals surface area contributed by atoms with Gasteiger partial charge in [-0.3, -0.25) is 4.55 Å². The molecule has 0 aliphatic heterocycles. The van der Waals surface area contributed by atoms with Crippen LogP contribution >= 0.6 is 0 Å². The van der Waals surface area contributed by atoms with Crippen LogP contribution in [-0.4, -0.2) is 32.4 Å². The third kappa shape index (κ3) is 6.05. The molecule has 0 rings (SSSR count). The van der Waals surface area contributed by atoms with Gasteiger partial charge in [0.2, 0.25) is 11.3 Å². The lowest BCUT2D eigenvalue weighted by atomic mass is 9.94. The van der Waals surface area contributed by atoms with Crippen LogP contribution in [0.2, 0.25) is 0 Å². The summed E-state index contributed by atoms with van der Waals surface area (Å²) in [6, 6.07) is 0. The Morgan fingerprint density at radius 3 is 2.25 bits per heavy atom. The highest BCUT2D eigenvalue weighted by Gasteiger charge is 2.05. The van der Waals surface area contributed by atoms with E-state index >= 15 is 0 Å². The van der Waals surface area contributed by atoms with Gasteiger partial charge < -0.3 is 10.0 Å². The molecule has 0 saturated heterocycles. The van der Waals surface area contributed by atoms with Gasteiger partial charge in [0, 0.05) is 6.44 Å². The van der Waals surface area contributed by atoms with Gasteiger partial charge in [0.05, 0.1) is 0 Å². The summed E-state index contributed by atoms with van der Waals surface area (Å²) < 4.78 is 19.5. The van der Waals surface area contributed by atoms with Crippen LogP contribution in [0.3, 0.4) is 0 Å². The summed E-state index contributed by atoms with van der Waals surface area (Å²) in [6.45, 7) is 0. The van der Waals surface area contributed by atoms with Crippen molar-refractivity contribution >= 4 is 18.4 Å². The van der Waals surface area contributed by atoms with Crippen molar-refractivity contribution in [1.82, 2.24) is 4.72 Å². The largest absolute Gasteiger partial charge is 0.467 e. The van der Waals surface area contributed by atoms with Gasteiger partial charge in [-0.05, 0) is 0 Å². The lowest BCUT2D eigenvalue weighted by molar-refractivity contribution is 0.404. The van der Waals surface area contributed by atoms with Crippen molar-refractivity contribution < 1.29 is 18.8 Å². The quantitative estimate of drug-likeness (QED) is 0.262. The number of hydrogen-bond acceptors (Lipinski definition) is 3. The molecule has 0 aliphatic carbocycles. The second kappa shape index (κ2) is 3.99. The maximum absolute atomic E-state index is 9.68. The average Bonchev–Trinajstić information content (AvgIpc) is 1.61. The van der Waals surface area contributed by atoms with Crippen molar-refractivity contribution in [3.8, 4) is 0 Å². The smallest absolute Gasteiger partial charge is 0.426 e. The molecule has 0 heterocycles. The molecule has 0 aliphatic rings. The molecule has 0 spiro atoms. The van der Waals surface area contributed by atoms with Crippen molar-refractivity contribution in [3.05, 3.63) is 0 Å². The van der Waals surface area contributed by atoms with Crippen LogP contribution < -0.4 is 4.72 Å². The van der Waals surface area contributed by atoms with Gasteiger partial charge in [-0.1, -0.05) is 0 Å². The zero-order valence-electron chi connectivity index (χ0n) is 3.94. The summed E-state index contributed by atoms with van der Waals surface area (Å²) in [5.74, 6) is 0. The number of nitrogens with one attached hydrogen (secondary N) is 1. The molecule has 0 aromatic rings. The zero-order valence-corrected chi connectivity index (χ0v) is 4.76. The van der Waals surface area contributed by atoms with Crippen LogP contribution in [-0.2, 0) is 11.3 Å². The number of rotatable bonds is 3. The second-order valence-electron chi connectivity index (χ2n) is 1.08. The molecule has 0 saturated carbocycles. The van der Waals surface area contributed by atoms with Crippen LogP contribution in [0.5, 0.6) is 0 Å². The Labute approximate surface area is 49.3 Å². The van der Waals surface area contributed by atoms with Crippen molar-refractivity contribution in [2.75, 3.05) is 6.44 Å². The minimum Gasteiger partial charge on any atom is -0.426 e. The zero-order chi connectivity index (χ0) is 6.57. The Morgan fingerprint density at radius 2 is 2.12 bits per heavy atom. The number of hydrogen-bond donors (Lipinski definition) is 4. The van der Waals surface area contributed by atoms with Gasteiger partial charge in [-0.2, -0.15) is 0 Å². The minimum absolute atomic E-state index is 0.302. The van der Waals surface area contributed by atoms with Crippen LogP contribution in [0.25, 0.3) is 0 Å². The van der Waals surface area contributed by atoms with Gasteiger partial charge in [0.15, 0.2) is 0 Å². The van der Waals surface area contributed by atoms with E-state index in [1.165, 1.54) is 0 Å². The molecule has 0 radical (unpaired) electrons. The first-order valence-corrected chi connectivity index (χ1v) is 2.94. The van der Waals surface area contributed by atoms with Gasteiger partial charge in [0.1, 0.15) is 0 Å². The van der Waals surface area contributed by atoms with Crippen molar-refractivity contribution in [3.63, 3.8) is 0 Å². The summed E-state index contributed by atoms with van der Waals surface area (Å²) in [6.07, 6.45) is -0.302. The standard InChI is InChI=1S/CH6BNO4S/c4-2(5)1-3-8(6)7/h3-5H,1H2,(H,6,7). The SMILES string of the molecule is O=S(O)NCB(O)O. The average molecular weight is 139 g/mol. The monoisotopic (exact) mass is 139 g/mol. The Morgan fingerprint density at radius 1 is 1.62 bits per heavy atom. The Hall–Kier alpha value is 0.0549. The highest BCUT2D eigenvalue weighted by atomic mass is 32.2. The van der Waals surface area contributed by atoms with Crippen LogP contribution in [0.15, 0.2) is 0 Å². The third-order valence-electron chi connectivity index (χ3n) is 0.389. The fourth-order valence-electron chi connectivity index (χ4n) is 0.146. The minimum atomic E-state index is -2.16. The van der Waals surface area contributed by atoms with Crippen molar-refractivity contribution in [2.45, 2.75) is 0 Å².